The van der Waals surface area contributed by atoms with Gasteiger partial charge in [-0.05, 0) is 36.4 Å². The molecule has 0 saturated heterocycles. The van der Waals surface area contributed by atoms with Gasteiger partial charge in [0.05, 0.1) is 13.0 Å². The van der Waals surface area contributed by atoms with Crippen molar-refractivity contribution in [3.05, 3.63) is 51.7 Å². The number of nitrogens with one attached hydrogen (secondary N) is 2. The zero-order valence-corrected chi connectivity index (χ0v) is 18.2. The van der Waals surface area contributed by atoms with Gasteiger partial charge in [0.15, 0.2) is 0 Å². The third-order valence-electron chi connectivity index (χ3n) is 4.17. The van der Waals surface area contributed by atoms with Crippen LogP contribution >= 0.6 is 11.3 Å². The molecule has 0 fully saturated rings. The number of nitrogens with zero attached hydrogens (tertiary/aromatic N) is 1. The van der Waals surface area contributed by atoms with E-state index in [-0.39, 0.29) is 23.0 Å². The smallest absolute Gasteiger partial charge is 0.353 e. The molecule has 0 spiro atoms. The van der Waals surface area contributed by atoms with Crippen molar-refractivity contribution in [2.24, 2.45) is 5.73 Å². The number of esters is 1. The molecule has 1 aromatic carbocycles. The van der Waals surface area contributed by atoms with Crippen LogP contribution in [0.3, 0.4) is 0 Å². The second-order valence-electron chi connectivity index (χ2n) is 6.78. The van der Waals surface area contributed by atoms with Crippen molar-refractivity contribution in [1.29, 1.82) is 5.41 Å². The van der Waals surface area contributed by atoms with Crippen molar-refractivity contribution in [2.75, 3.05) is 6.54 Å². The van der Waals surface area contributed by atoms with E-state index in [1.165, 1.54) is 36.4 Å². The minimum Gasteiger partial charge on any atom is -0.481 e. The molecule has 14 heteroatoms. The largest absolute Gasteiger partial charge is 0.481 e. The molecule has 2 rings (SSSR count). The monoisotopic (exact) mass is 492 g/mol. The number of amidine groups is 1. The molecule has 7 N–H and O–H groups in total. The maximum absolute atomic E-state index is 12.4. The topological polar surface area (TPSA) is 220 Å². The number of ether oxygens (including phenoxy) is 1. The van der Waals surface area contributed by atoms with Crippen LogP contribution in [0.1, 0.15) is 26.5 Å². The fraction of sp³-hybridized carbons (Fsp3) is 0.200. The summed E-state index contributed by atoms with van der Waals surface area (Å²) in [6.45, 7) is -1.09. The van der Waals surface area contributed by atoms with Crippen molar-refractivity contribution < 1.29 is 44.0 Å². The van der Waals surface area contributed by atoms with Gasteiger partial charge in [0, 0.05) is 10.4 Å². The van der Waals surface area contributed by atoms with Gasteiger partial charge < -0.3 is 36.0 Å². The third-order valence-corrected chi connectivity index (χ3v) is 5.22. The molecule has 0 aliphatic rings. The zero-order valence-electron chi connectivity index (χ0n) is 17.4. The lowest BCUT2D eigenvalue weighted by Gasteiger charge is -2.22. The number of carboxylic acids is 3. The number of thiophene rings is 1. The highest BCUT2D eigenvalue weighted by Gasteiger charge is 2.27. The summed E-state index contributed by atoms with van der Waals surface area (Å²) in [5, 5.41) is 36.3. The van der Waals surface area contributed by atoms with Gasteiger partial charge in [0.1, 0.15) is 29.0 Å². The number of nitrogen functional groups attached to an aromatic ring is 1. The Balaban J connectivity index is 2.09. The molecule has 13 nitrogen and oxygen atoms in total. The lowest BCUT2D eigenvalue weighted by atomic mass is 10.2. The van der Waals surface area contributed by atoms with Gasteiger partial charge in [-0.2, -0.15) is 0 Å². The number of benzene rings is 1. The van der Waals surface area contributed by atoms with E-state index in [1.807, 2.05) is 5.32 Å². The van der Waals surface area contributed by atoms with Crippen LogP contribution in [0.5, 0.6) is 5.75 Å². The Morgan fingerprint density at radius 1 is 1.03 bits per heavy atom. The summed E-state index contributed by atoms with van der Waals surface area (Å²) in [7, 11) is 0. The van der Waals surface area contributed by atoms with Gasteiger partial charge >= 0.3 is 29.9 Å². The molecule has 1 heterocycles. The standard InChI is InChI=1S/C20H20N4O9S/c21-17(22)10-1-3-11(4-2-10)33-19(31)14-6-5-12(34-14)8-24(9-16(27)28)20(32)23-13(18(29)30)7-15(25)26/h1-6,13H,7-9H2,(H3,21,22)(H,23,32)(H,25,26)(H,27,28)(H,29,30)/t13-/m0/s1. The number of nitrogens with two attached hydrogens (primary N) is 1. The van der Waals surface area contributed by atoms with E-state index >= 15 is 0 Å². The minimum absolute atomic E-state index is 0.145. The lowest BCUT2D eigenvalue weighted by molar-refractivity contribution is -0.145. The molecule has 1 atom stereocenters. The van der Waals surface area contributed by atoms with E-state index < -0.39 is 48.9 Å². The zero-order chi connectivity index (χ0) is 25.4. The predicted octanol–water partition coefficient (Wildman–Crippen LogP) is 0.775. The van der Waals surface area contributed by atoms with Crippen LogP contribution in [0.4, 0.5) is 4.79 Å². The Labute approximate surface area is 195 Å². The van der Waals surface area contributed by atoms with E-state index in [1.54, 1.807) is 0 Å². The van der Waals surface area contributed by atoms with Crippen LogP contribution in [0, 0.1) is 5.41 Å². The average molecular weight is 492 g/mol. The maximum Gasteiger partial charge on any atom is 0.353 e. The Kier molecular flexibility index (Phi) is 8.66. The summed E-state index contributed by atoms with van der Waals surface area (Å²) in [6.07, 6.45) is -0.898. The maximum atomic E-state index is 12.4. The van der Waals surface area contributed by atoms with Gasteiger partial charge in [-0.25, -0.2) is 14.4 Å². The molecule has 1 aromatic heterocycles. The van der Waals surface area contributed by atoms with Crippen LogP contribution in [-0.2, 0) is 20.9 Å². The van der Waals surface area contributed by atoms with Gasteiger partial charge in [0.2, 0.25) is 0 Å². The highest BCUT2D eigenvalue weighted by atomic mass is 32.1. The van der Waals surface area contributed by atoms with E-state index in [2.05, 4.69) is 0 Å². The molecular formula is C20H20N4O9S. The summed E-state index contributed by atoms with van der Waals surface area (Å²) < 4.78 is 5.23. The molecule has 34 heavy (non-hydrogen) atoms. The highest BCUT2D eigenvalue weighted by molar-refractivity contribution is 7.13. The Morgan fingerprint density at radius 3 is 2.21 bits per heavy atom. The second kappa shape index (κ2) is 11.4. The summed E-state index contributed by atoms with van der Waals surface area (Å²) in [6, 6.07) is 5.94. The lowest BCUT2D eigenvalue weighted by Crippen LogP contribution is -2.49. The van der Waals surface area contributed by atoms with Crippen molar-refractivity contribution in [2.45, 2.75) is 19.0 Å². The Hall–Kier alpha value is -4.46. The third kappa shape index (κ3) is 7.59. The van der Waals surface area contributed by atoms with Crippen molar-refractivity contribution in [1.82, 2.24) is 10.2 Å². The van der Waals surface area contributed by atoms with E-state index in [4.69, 9.17) is 31.2 Å². The molecule has 0 radical (unpaired) electrons. The number of urea groups is 1. The fourth-order valence-electron chi connectivity index (χ4n) is 2.60. The SMILES string of the molecule is N=C(N)c1ccc(OC(=O)c2ccc(CN(CC(=O)O)C(=O)N[C@@H](CC(=O)O)C(=O)O)s2)cc1. The first-order chi connectivity index (χ1) is 16.0. The number of hydrogen-bond acceptors (Lipinski definition) is 8. The molecule has 0 unspecified atom stereocenters. The van der Waals surface area contributed by atoms with Gasteiger partial charge in [0.25, 0.3) is 0 Å². The first kappa shape index (κ1) is 25.8. The van der Waals surface area contributed by atoms with Crippen LogP contribution < -0.4 is 15.8 Å². The summed E-state index contributed by atoms with van der Waals surface area (Å²) in [5.41, 5.74) is 5.81. The number of hydrogen-bond donors (Lipinski definition) is 6. The van der Waals surface area contributed by atoms with Crippen molar-refractivity contribution in [3.8, 4) is 5.75 Å². The van der Waals surface area contributed by atoms with E-state index in [0.29, 0.717) is 10.4 Å². The molecule has 0 saturated carbocycles. The fourth-order valence-corrected chi connectivity index (χ4v) is 3.50. The summed E-state index contributed by atoms with van der Waals surface area (Å²) in [5.74, 6) is -5.10. The average Bonchev–Trinajstić information content (AvgIpc) is 3.21. The summed E-state index contributed by atoms with van der Waals surface area (Å²) in [4.78, 5) is 59.2. The normalized spacial score (nSPS) is 11.2. The number of rotatable bonds is 11. The van der Waals surface area contributed by atoms with Crippen molar-refractivity contribution >= 4 is 47.1 Å². The highest BCUT2D eigenvalue weighted by Crippen LogP contribution is 2.21. The van der Waals surface area contributed by atoms with Crippen LogP contribution in [0.15, 0.2) is 36.4 Å². The molecule has 2 amide bonds. The first-order valence-corrected chi connectivity index (χ1v) is 10.2. The van der Waals surface area contributed by atoms with Gasteiger partial charge in [-0.3, -0.25) is 15.0 Å². The van der Waals surface area contributed by atoms with Crippen LogP contribution in [0.25, 0.3) is 0 Å². The van der Waals surface area contributed by atoms with Crippen LogP contribution in [0.2, 0.25) is 0 Å². The quantitative estimate of drug-likeness (QED) is 0.112. The van der Waals surface area contributed by atoms with E-state index in [0.717, 1.165) is 16.2 Å². The predicted molar refractivity (Wildman–Crippen MR) is 117 cm³/mol. The summed E-state index contributed by atoms with van der Waals surface area (Å²) >= 11 is 0.923. The number of aliphatic carboxylic acids is 3. The van der Waals surface area contributed by atoms with E-state index in [9.17, 15) is 24.0 Å². The molecule has 180 valence electrons. The van der Waals surface area contributed by atoms with Gasteiger partial charge in [-0.1, -0.05) is 0 Å². The number of carbonyl (C=O) groups excluding carboxylic acids is 2. The molecule has 0 aliphatic heterocycles. The first-order valence-electron chi connectivity index (χ1n) is 9.43. The number of carbonyl (C=O) groups is 5. The second-order valence-corrected chi connectivity index (χ2v) is 7.95. The van der Waals surface area contributed by atoms with Crippen molar-refractivity contribution in [3.63, 3.8) is 0 Å². The number of carboxylic acid groups (broad SMARTS) is 3. The Bertz CT molecular complexity index is 1110. The molecule has 0 bridgehead atoms. The van der Waals surface area contributed by atoms with Gasteiger partial charge in [-0.15, -0.1) is 11.3 Å². The molecule has 2 aromatic rings. The minimum atomic E-state index is -1.76. The van der Waals surface area contributed by atoms with Crippen LogP contribution in [-0.4, -0.2) is 68.6 Å². The Morgan fingerprint density at radius 2 is 1.68 bits per heavy atom. The molecular weight excluding hydrogens is 472 g/mol. The molecule has 0 aliphatic carbocycles. The number of amides is 2.